The van der Waals surface area contributed by atoms with Crippen molar-refractivity contribution in [3.05, 3.63) is 27.7 Å². The lowest BCUT2D eigenvalue weighted by molar-refractivity contribution is 0.0952. The Balaban J connectivity index is 2.06. The largest absolute Gasteiger partial charge is 0.352 e. The molecule has 6 nitrogen and oxygen atoms in total. The molecule has 1 saturated carbocycles. The first kappa shape index (κ1) is 21.4. The molecule has 1 aromatic rings. The SMILES string of the molecule is CCN(CC)CCCNC(=O)c1cc(S(=O)(=O)NC2CC2)c(Cl)cc1Cl. The molecule has 0 aromatic heterocycles. The minimum Gasteiger partial charge on any atom is -0.352 e. The Morgan fingerprint density at radius 1 is 1.19 bits per heavy atom. The number of benzene rings is 1. The lowest BCUT2D eigenvalue weighted by Gasteiger charge is -2.17. The number of hydrogen-bond acceptors (Lipinski definition) is 4. The van der Waals surface area contributed by atoms with Gasteiger partial charge in [-0.3, -0.25) is 4.79 Å². The first-order valence-corrected chi connectivity index (χ1v) is 11.0. The number of nitrogens with one attached hydrogen (secondary N) is 2. The van der Waals surface area contributed by atoms with Gasteiger partial charge in [0.05, 0.1) is 15.6 Å². The molecule has 2 rings (SSSR count). The molecule has 1 fully saturated rings. The van der Waals surface area contributed by atoms with Gasteiger partial charge in [-0.1, -0.05) is 37.0 Å². The monoisotopic (exact) mass is 421 g/mol. The predicted octanol–water partition coefficient (Wildman–Crippen LogP) is 2.90. The second-order valence-corrected chi connectivity index (χ2v) is 8.79. The van der Waals surface area contributed by atoms with Gasteiger partial charge in [-0.2, -0.15) is 0 Å². The molecule has 1 aliphatic carbocycles. The van der Waals surface area contributed by atoms with Crippen LogP contribution >= 0.6 is 23.2 Å². The summed E-state index contributed by atoms with van der Waals surface area (Å²) >= 11 is 12.2. The van der Waals surface area contributed by atoms with Crippen LogP contribution in [0.1, 0.15) is 43.5 Å². The summed E-state index contributed by atoms with van der Waals surface area (Å²) in [6.07, 6.45) is 2.42. The van der Waals surface area contributed by atoms with E-state index in [1.807, 2.05) is 0 Å². The van der Waals surface area contributed by atoms with E-state index >= 15 is 0 Å². The summed E-state index contributed by atoms with van der Waals surface area (Å²) in [6, 6.07) is 2.49. The van der Waals surface area contributed by atoms with Gasteiger partial charge in [0, 0.05) is 12.6 Å². The molecule has 9 heteroatoms. The fraction of sp³-hybridized carbons (Fsp3) is 0.588. The summed E-state index contributed by atoms with van der Waals surface area (Å²) < 4.78 is 27.4. The Kier molecular flexibility index (Phi) is 7.73. The van der Waals surface area contributed by atoms with Gasteiger partial charge >= 0.3 is 0 Å². The van der Waals surface area contributed by atoms with Gasteiger partial charge in [0.25, 0.3) is 5.91 Å². The van der Waals surface area contributed by atoms with E-state index in [2.05, 4.69) is 28.8 Å². The molecule has 0 aliphatic heterocycles. The van der Waals surface area contributed by atoms with Gasteiger partial charge in [0.2, 0.25) is 10.0 Å². The third-order valence-electron chi connectivity index (χ3n) is 4.29. The van der Waals surface area contributed by atoms with Crippen molar-refractivity contribution < 1.29 is 13.2 Å². The zero-order chi connectivity index (χ0) is 19.3. The van der Waals surface area contributed by atoms with E-state index in [4.69, 9.17) is 23.2 Å². The fourth-order valence-corrected chi connectivity index (χ4v) is 4.70. The van der Waals surface area contributed by atoms with Crippen LogP contribution in [0.5, 0.6) is 0 Å². The van der Waals surface area contributed by atoms with Crippen molar-refractivity contribution in [1.82, 2.24) is 14.9 Å². The van der Waals surface area contributed by atoms with Crippen LogP contribution in [0.2, 0.25) is 10.0 Å². The fourth-order valence-electron chi connectivity index (χ4n) is 2.53. The molecular formula is C17H25Cl2N3O3S. The summed E-state index contributed by atoms with van der Waals surface area (Å²) in [6.45, 7) is 7.47. The van der Waals surface area contributed by atoms with E-state index in [-0.39, 0.29) is 26.5 Å². The highest BCUT2D eigenvalue weighted by Gasteiger charge is 2.30. The summed E-state index contributed by atoms with van der Waals surface area (Å²) in [7, 11) is -3.77. The first-order chi connectivity index (χ1) is 12.3. The molecule has 0 atom stereocenters. The molecule has 0 radical (unpaired) electrons. The molecule has 2 N–H and O–H groups in total. The summed E-state index contributed by atoms with van der Waals surface area (Å²) in [4.78, 5) is 14.5. The number of hydrogen-bond donors (Lipinski definition) is 2. The van der Waals surface area contributed by atoms with E-state index in [0.29, 0.717) is 6.54 Å². The van der Waals surface area contributed by atoms with E-state index in [1.165, 1.54) is 12.1 Å². The highest BCUT2D eigenvalue weighted by molar-refractivity contribution is 7.89. The zero-order valence-corrected chi connectivity index (χ0v) is 17.3. The van der Waals surface area contributed by atoms with Crippen LogP contribution in [-0.4, -0.2) is 51.4 Å². The Morgan fingerprint density at radius 3 is 2.42 bits per heavy atom. The lowest BCUT2D eigenvalue weighted by Crippen LogP contribution is -2.30. The highest BCUT2D eigenvalue weighted by Crippen LogP contribution is 2.30. The average Bonchev–Trinajstić information content (AvgIpc) is 3.37. The third-order valence-corrected chi connectivity index (χ3v) is 6.58. The van der Waals surface area contributed by atoms with Crippen molar-refractivity contribution in [3.8, 4) is 0 Å². The van der Waals surface area contributed by atoms with Crippen LogP contribution in [0.4, 0.5) is 0 Å². The number of rotatable bonds is 10. The van der Waals surface area contributed by atoms with Crippen LogP contribution in [0.3, 0.4) is 0 Å². The normalized spacial score (nSPS) is 14.7. The molecule has 0 unspecified atom stereocenters. The van der Waals surface area contributed by atoms with Crippen molar-refractivity contribution in [2.75, 3.05) is 26.2 Å². The predicted molar refractivity (Wildman–Crippen MR) is 105 cm³/mol. The summed E-state index contributed by atoms with van der Waals surface area (Å²) in [5, 5.41) is 2.91. The van der Waals surface area contributed by atoms with E-state index in [0.717, 1.165) is 38.9 Å². The third kappa shape index (κ3) is 5.82. The number of sulfonamides is 1. The average molecular weight is 422 g/mol. The first-order valence-electron chi connectivity index (χ1n) is 8.80. The van der Waals surface area contributed by atoms with Crippen molar-refractivity contribution in [2.45, 2.75) is 44.0 Å². The van der Waals surface area contributed by atoms with Gasteiger partial charge in [-0.25, -0.2) is 13.1 Å². The maximum absolute atomic E-state index is 12.4. The second-order valence-electron chi connectivity index (χ2n) is 6.29. The number of carbonyl (C=O) groups excluding carboxylic acids is 1. The molecule has 1 aliphatic rings. The lowest BCUT2D eigenvalue weighted by atomic mass is 10.2. The quantitative estimate of drug-likeness (QED) is 0.569. The topological polar surface area (TPSA) is 78.5 Å². The zero-order valence-electron chi connectivity index (χ0n) is 15.0. The van der Waals surface area contributed by atoms with Crippen molar-refractivity contribution >= 4 is 39.1 Å². The van der Waals surface area contributed by atoms with Crippen LogP contribution in [-0.2, 0) is 10.0 Å². The Labute approximate surface area is 165 Å². The molecular weight excluding hydrogens is 397 g/mol. The molecule has 146 valence electrons. The molecule has 0 bridgehead atoms. The Bertz CT molecular complexity index is 748. The number of amides is 1. The van der Waals surface area contributed by atoms with Crippen LogP contribution in [0, 0.1) is 0 Å². The summed E-state index contributed by atoms with van der Waals surface area (Å²) in [5.74, 6) is -0.408. The highest BCUT2D eigenvalue weighted by atomic mass is 35.5. The van der Waals surface area contributed by atoms with E-state index in [9.17, 15) is 13.2 Å². The minimum atomic E-state index is -3.77. The number of halogens is 2. The van der Waals surface area contributed by atoms with Crippen LogP contribution in [0.25, 0.3) is 0 Å². The molecule has 0 heterocycles. The number of nitrogens with zero attached hydrogens (tertiary/aromatic N) is 1. The van der Waals surface area contributed by atoms with Crippen LogP contribution in [0.15, 0.2) is 17.0 Å². The van der Waals surface area contributed by atoms with Crippen molar-refractivity contribution in [2.24, 2.45) is 0 Å². The summed E-state index contributed by atoms with van der Waals surface area (Å²) in [5.41, 5.74) is 0.107. The Morgan fingerprint density at radius 2 is 1.85 bits per heavy atom. The van der Waals surface area contributed by atoms with E-state index in [1.54, 1.807) is 0 Å². The maximum Gasteiger partial charge on any atom is 0.252 e. The second kappa shape index (κ2) is 9.37. The molecule has 26 heavy (non-hydrogen) atoms. The standard InChI is InChI=1S/C17H25Cl2N3O3S/c1-3-22(4-2)9-5-8-20-17(23)13-10-16(15(19)11-14(13)18)26(24,25)21-12-6-7-12/h10-12,21H,3-9H2,1-2H3,(H,20,23). The molecule has 0 saturated heterocycles. The smallest absolute Gasteiger partial charge is 0.252 e. The van der Waals surface area contributed by atoms with Crippen molar-refractivity contribution in [1.29, 1.82) is 0 Å². The van der Waals surface area contributed by atoms with Crippen molar-refractivity contribution in [3.63, 3.8) is 0 Å². The van der Waals surface area contributed by atoms with Gasteiger partial charge in [0.15, 0.2) is 0 Å². The van der Waals surface area contributed by atoms with Gasteiger partial charge in [0.1, 0.15) is 4.90 Å². The van der Waals surface area contributed by atoms with Gasteiger partial charge in [-0.05, 0) is 51.0 Å². The van der Waals surface area contributed by atoms with E-state index < -0.39 is 15.9 Å². The molecule has 1 amide bonds. The minimum absolute atomic E-state index is 0.00114. The maximum atomic E-state index is 12.4. The van der Waals surface area contributed by atoms with Gasteiger partial charge < -0.3 is 10.2 Å². The number of carbonyl (C=O) groups is 1. The Hall–Kier alpha value is -0.860. The molecule has 0 spiro atoms. The van der Waals surface area contributed by atoms with Gasteiger partial charge in [-0.15, -0.1) is 0 Å². The van der Waals surface area contributed by atoms with Crippen LogP contribution < -0.4 is 10.0 Å². The molecule has 1 aromatic carbocycles.